The lowest BCUT2D eigenvalue weighted by atomic mass is 10.2. The zero-order chi connectivity index (χ0) is 21.4. The third-order valence-corrected chi connectivity index (χ3v) is 5.05. The lowest BCUT2D eigenvalue weighted by Crippen LogP contribution is -2.03. The molecule has 0 radical (unpaired) electrons. The summed E-state index contributed by atoms with van der Waals surface area (Å²) in [7, 11) is 0. The Morgan fingerprint density at radius 1 is 0.903 bits per heavy atom. The Morgan fingerprint density at radius 3 is 2.48 bits per heavy atom. The van der Waals surface area contributed by atoms with Gasteiger partial charge in [-0.2, -0.15) is 0 Å². The summed E-state index contributed by atoms with van der Waals surface area (Å²) in [6, 6.07) is 14.0. The summed E-state index contributed by atoms with van der Waals surface area (Å²) in [6.07, 6.45) is 4.49. The zero-order valence-corrected chi connectivity index (χ0v) is 16.8. The van der Waals surface area contributed by atoms with Gasteiger partial charge in [0.05, 0.1) is 46.6 Å². The van der Waals surface area contributed by atoms with E-state index in [4.69, 9.17) is 27.3 Å². The second kappa shape index (κ2) is 7.73. The van der Waals surface area contributed by atoms with Crippen molar-refractivity contribution in [2.45, 2.75) is 5.88 Å². The van der Waals surface area contributed by atoms with Crippen molar-refractivity contribution in [1.29, 1.82) is 0 Å². The molecule has 31 heavy (non-hydrogen) atoms. The number of nitrogens with zero attached hydrogens (tertiary/aromatic N) is 6. The second-order valence-electron chi connectivity index (χ2n) is 6.75. The SMILES string of the molecule is Nc1ncccc1-c1nc2ccc(-c3ccc(F)cn3)nc2n1-c1ccc(CCl)nc1. The van der Waals surface area contributed by atoms with Gasteiger partial charge in [0.15, 0.2) is 11.5 Å². The van der Waals surface area contributed by atoms with E-state index in [0.29, 0.717) is 45.6 Å². The van der Waals surface area contributed by atoms with Crippen molar-refractivity contribution >= 4 is 28.6 Å². The third-order valence-electron chi connectivity index (χ3n) is 4.78. The van der Waals surface area contributed by atoms with Gasteiger partial charge in [0.25, 0.3) is 0 Å². The molecule has 0 unspecified atom stereocenters. The first-order valence-corrected chi connectivity index (χ1v) is 9.91. The predicted octanol–water partition coefficient (Wildman–Crippen LogP) is 4.40. The highest BCUT2D eigenvalue weighted by Gasteiger charge is 2.19. The summed E-state index contributed by atoms with van der Waals surface area (Å²) in [5.41, 5.74) is 10.7. The molecule has 5 aromatic heterocycles. The monoisotopic (exact) mass is 431 g/mol. The van der Waals surface area contributed by atoms with E-state index in [1.807, 2.05) is 28.8 Å². The summed E-state index contributed by atoms with van der Waals surface area (Å²) in [4.78, 5) is 22.2. The maximum Gasteiger partial charge on any atom is 0.165 e. The molecular formula is C22H15ClFN7. The molecule has 152 valence electrons. The number of nitrogens with two attached hydrogens (primary N) is 1. The van der Waals surface area contributed by atoms with Crippen LogP contribution in [0.3, 0.4) is 0 Å². The van der Waals surface area contributed by atoms with E-state index in [9.17, 15) is 4.39 Å². The molecule has 5 rings (SSSR count). The van der Waals surface area contributed by atoms with E-state index in [1.54, 1.807) is 30.6 Å². The normalized spacial score (nSPS) is 11.2. The molecule has 0 atom stereocenters. The molecule has 0 saturated carbocycles. The van der Waals surface area contributed by atoms with Crippen molar-refractivity contribution in [3.8, 4) is 28.5 Å². The highest BCUT2D eigenvalue weighted by atomic mass is 35.5. The number of hydrogen-bond donors (Lipinski definition) is 1. The number of rotatable bonds is 4. The van der Waals surface area contributed by atoms with Crippen LogP contribution in [0.2, 0.25) is 0 Å². The molecule has 0 spiro atoms. The lowest BCUT2D eigenvalue weighted by molar-refractivity contribution is 0.622. The largest absolute Gasteiger partial charge is 0.383 e. The van der Waals surface area contributed by atoms with Crippen LogP contribution in [0, 0.1) is 5.82 Å². The molecule has 7 nitrogen and oxygen atoms in total. The van der Waals surface area contributed by atoms with Crippen molar-refractivity contribution in [2.24, 2.45) is 0 Å². The van der Waals surface area contributed by atoms with E-state index >= 15 is 0 Å². The van der Waals surface area contributed by atoms with Gasteiger partial charge in [0.1, 0.15) is 17.2 Å². The first-order chi connectivity index (χ1) is 15.1. The summed E-state index contributed by atoms with van der Waals surface area (Å²) in [6.45, 7) is 0. The number of fused-ring (bicyclic) bond motifs is 1. The van der Waals surface area contributed by atoms with E-state index in [0.717, 1.165) is 17.6 Å². The van der Waals surface area contributed by atoms with Gasteiger partial charge >= 0.3 is 0 Å². The fourth-order valence-corrected chi connectivity index (χ4v) is 3.45. The van der Waals surface area contributed by atoms with Crippen molar-refractivity contribution in [3.05, 3.63) is 78.6 Å². The van der Waals surface area contributed by atoms with Crippen molar-refractivity contribution < 1.29 is 4.39 Å². The molecule has 5 heterocycles. The number of halogens is 2. The smallest absolute Gasteiger partial charge is 0.165 e. The highest BCUT2D eigenvalue weighted by Crippen LogP contribution is 2.31. The lowest BCUT2D eigenvalue weighted by Gasteiger charge is -2.10. The average Bonchev–Trinajstić information content (AvgIpc) is 3.18. The Kier molecular flexibility index (Phi) is 4.76. The molecule has 0 aromatic carbocycles. The third kappa shape index (κ3) is 3.47. The molecule has 0 amide bonds. The topological polar surface area (TPSA) is 95.4 Å². The van der Waals surface area contributed by atoms with Gasteiger partial charge in [-0.25, -0.2) is 19.3 Å². The Labute approximate surface area is 181 Å². The van der Waals surface area contributed by atoms with Crippen LogP contribution in [0.15, 0.2) is 67.1 Å². The van der Waals surface area contributed by atoms with Crippen LogP contribution in [0.5, 0.6) is 0 Å². The summed E-state index contributed by atoms with van der Waals surface area (Å²) >= 11 is 5.89. The average molecular weight is 432 g/mol. The van der Waals surface area contributed by atoms with Gasteiger partial charge in [0, 0.05) is 6.20 Å². The maximum absolute atomic E-state index is 13.3. The number of aromatic nitrogens is 6. The predicted molar refractivity (Wildman–Crippen MR) is 117 cm³/mol. The number of nitrogen functional groups attached to an aromatic ring is 1. The van der Waals surface area contributed by atoms with Crippen LogP contribution in [0.25, 0.3) is 39.6 Å². The number of anilines is 1. The molecule has 0 aliphatic carbocycles. The summed E-state index contributed by atoms with van der Waals surface area (Å²) < 4.78 is 15.2. The van der Waals surface area contributed by atoms with E-state index in [1.165, 1.54) is 6.07 Å². The molecule has 0 aliphatic heterocycles. The summed E-state index contributed by atoms with van der Waals surface area (Å²) in [5, 5.41) is 0. The molecular weight excluding hydrogens is 417 g/mol. The fraction of sp³-hybridized carbons (Fsp3) is 0.0455. The molecule has 2 N–H and O–H groups in total. The van der Waals surface area contributed by atoms with Gasteiger partial charge < -0.3 is 5.73 Å². The number of imidazole rings is 1. The molecule has 0 bridgehead atoms. The van der Waals surface area contributed by atoms with Crippen molar-refractivity contribution in [3.63, 3.8) is 0 Å². The molecule has 0 fully saturated rings. The van der Waals surface area contributed by atoms with E-state index in [-0.39, 0.29) is 0 Å². The highest BCUT2D eigenvalue weighted by molar-refractivity contribution is 6.16. The quantitative estimate of drug-likeness (QED) is 0.424. The van der Waals surface area contributed by atoms with Crippen LogP contribution in [0.1, 0.15) is 5.69 Å². The van der Waals surface area contributed by atoms with Gasteiger partial charge in [-0.15, -0.1) is 11.6 Å². The number of hydrogen-bond acceptors (Lipinski definition) is 6. The van der Waals surface area contributed by atoms with Crippen LogP contribution in [0.4, 0.5) is 10.2 Å². The van der Waals surface area contributed by atoms with Crippen LogP contribution in [-0.4, -0.2) is 29.5 Å². The van der Waals surface area contributed by atoms with Gasteiger partial charge in [-0.1, -0.05) is 0 Å². The Morgan fingerprint density at radius 2 is 1.77 bits per heavy atom. The van der Waals surface area contributed by atoms with E-state index in [2.05, 4.69) is 15.0 Å². The van der Waals surface area contributed by atoms with Crippen molar-refractivity contribution in [2.75, 3.05) is 5.73 Å². The molecule has 0 aliphatic rings. The van der Waals surface area contributed by atoms with Gasteiger partial charge in [0.2, 0.25) is 0 Å². The standard InChI is InChI=1S/C22H15ClFN7/c23-10-14-4-5-15(12-27-14)31-21(16-2-1-9-26-20(16)25)30-19-8-7-18(29-22(19)31)17-6-3-13(24)11-28-17/h1-9,11-12H,10H2,(H2,25,26). The minimum Gasteiger partial charge on any atom is -0.383 e. The van der Waals surface area contributed by atoms with Gasteiger partial charge in [-0.05, 0) is 48.5 Å². The minimum absolute atomic E-state index is 0.312. The van der Waals surface area contributed by atoms with Crippen LogP contribution in [-0.2, 0) is 5.88 Å². The fourth-order valence-electron chi connectivity index (χ4n) is 3.29. The Bertz CT molecular complexity index is 1380. The Balaban J connectivity index is 1.77. The van der Waals surface area contributed by atoms with Gasteiger partial charge in [-0.3, -0.25) is 14.5 Å². The first-order valence-electron chi connectivity index (χ1n) is 9.37. The molecule has 9 heteroatoms. The van der Waals surface area contributed by atoms with Crippen LogP contribution < -0.4 is 5.73 Å². The number of alkyl halides is 1. The molecule has 0 saturated heterocycles. The Hall–Kier alpha value is -3.91. The number of pyridine rings is 4. The van der Waals surface area contributed by atoms with E-state index < -0.39 is 5.82 Å². The summed E-state index contributed by atoms with van der Waals surface area (Å²) in [5.74, 6) is 0.837. The zero-order valence-electron chi connectivity index (χ0n) is 16.1. The molecule has 5 aromatic rings. The van der Waals surface area contributed by atoms with Crippen LogP contribution >= 0.6 is 11.6 Å². The van der Waals surface area contributed by atoms with Crippen molar-refractivity contribution in [1.82, 2.24) is 29.5 Å². The first kappa shape index (κ1) is 19.1. The second-order valence-corrected chi connectivity index (χ2v) is 7.02. The minimum atomic E-state index is -0.408. The maximum atomic E-state index is 13.3.